The van der Waals surface area contributed by atoms with Crippen molar-refractivity contribution in [3.63, 3.8) is 0 Å². The third-order valence-electron chi connectivity index (χ3n) is 3.66. The summed E-state index contributed by atoms with van der Waals surface area (Å²) in [6, 6.07) is 7.88. The van der Waals surface area contributed by atoms with Gasteiger partial charge in [0.05, 0.1) is 5.56 Å². The third-order valence-corrected chi connectivity index (χ3v) is 3.66. The topological polar surface area (TPSA) is 77.5 Å². The number of benzene rings is 1. The minimum atomic E-state index is -4.49. The second kappa shape index (κ2) is 8.73. The highest BCUT2D eigenvalue weighted by Gasteiger charge is 2.28. The first-order chi connectivity index (χ1) is 13.0. The number of pyridine rings is 1. The van der Waals surface area contributed by atoms with Gasteiger partial charge in [0.1, 0.15) is 0 Å². The van der Waals surface area contributed by atoms with Crippen LogP contribution in [0.1, 0.15) is 28.4 Å². The average Bonchev–Trinajstić information content (AvgIpc) is 2.62. The molecule has 0 saturated heterocycles. The minimum absolute atomic E-state index is 0.0225. The number of amides is 1. The zero-order valence-corrected chi connectivity index (χ0v) is 15.5. The summed E-state index contributed by atoms with van der Waals surface area (Å²) in [6.45, 7) is 3.64. The van der Waals surface area contributed by atoms with Crippen LogP contribution in [0.25, 0.3) is 0 Å². The van der Waals surface area contributed by atoms with Crippen LogP contribution in [-0.4, -0.2) is 35.7 Å². The molecule has 0 spiro atoms. The van der Waals surface area contributed by atoms with Crippen molar-refractivity contribution in [1.82, 2.24) is 4.98 Å². The Morgan fingerprint density at radius 2 is 1.89 bits per heavy atom. The summed E-state index contributed by atoms with van der Waals surface area (Å²) in [5, 5.41) is 2.69. The van der Waals surface area contributed by atoms with Crippen LogP contribution in [0.5, 0.6) is 5.88 Å². The Hall–Kier alpha value is -3.10. The number of hydrogen-bond donors (Lipinski definition) is 1. The molecule has 9 heteroatoms. The molecule has 0 aliphatic carbocycles. The normalized spacial score (nSPS) is 12.2. The van der Waals surface area contributed by atoms with Gasteiger partial charge in [-0.2, -0.15) is 13.2 Å². The molecule has 150 valence electrons. The molecule has 0 radical (unpaired) electrons. The van der Waals surface area contributed by atoms with Crippen LogP contribution in [0.15, 0.2) is 36.5 Å². The summed E-state index contributed by atoms with van der Waals surface area (Å²) >= 11 is 0. The van der Waals surface area contributed by atoms with Crippen molar-refractivity contribution in [1.29, 1.82) is 0 Å². The molecule has 1 amide bonds. The monoisotopic (exact) mass is 396 g/mol. The predicted molar refractivity (Wildman–Crippen MR) is 95.2 cm³/mol. The second-order valence-electron chi connectivity index (χ2n) is 6.14. The van der Waals surface area contributed by atoms with E-state index < -0.39 is 30.8 Å². The van der Waals surface area contributed by atoms with E-state index in [2.05, 4.69) is 15.0 Å². The standard InChI is InChI=1S/C19H19F3N2O4/c1-11-4-5-12(2)15(8-11)24-17(25)13(3)28-18(26)14-6-7-16(23-9-14)27-10-19(20,21)22/h4-9,13H,10H2,1-3H3,(H,24,25). The lowest BCUT2D eigenvalue weighted by atomic mass is 10.1. The van der Waals surface area contributed by atoms with Gasteiger partial charge >= 0.3 is 12.1 Å². The summed E-state index contributed by atoms with van der Waals surface area (Å²) in [6.07, 6.45) is -4.56. The number of hydrogen-bond acceptors (Lipinski definition) is 5. The molecule has 0 bridgehead atoms. The number of rotatable bonds is 6. The Bertz CT molecular complexity index is 851. The zero-order valence-electron chi connectivity index (χ0n) is 15.5. The Labute approximate surface area is 159 Å². The van der Waals surface area contributed by atoms with Gasteiger partial charge in [-0.1, -0.05) is 12.1 Å². The van der Waals surface area contributed by atoms with Crippen LogP contribution in [0.2, 0.25) is 0 Å². The number of ether oxygens (including phenoxy) is 2. The molecule has 0 fully saturated rings. The molecule has 0 aliphatic heterocycles. The zero-order chi connectivity index (χ0) is 20.9. The molecular formula is C19H19F3N2O4. The first kappa shape index (κ1) is 21.2. The Balaban J connectivity index is 1.94. The van der Waals surface area contributed by atoms with Crippen molar-refractivity contribution < 1.29 is 32.2 Å². The predicted octanol–water partition coefficient (Wildman–Crippen LogP) is 3.82. The van der Waals surface area contributed by atoms with E-state index in [1.54, 1.807) is 6.07 Å². The van der Waals surface area contributed by atoms with Gasteiger partial charge in [-0.3, -0.25) is 4.79 Å². The van der Waals surface area contributed by atoms with Gasteiger partial charge in [0, 0.05) is 18.0 Å². The van der Waals surface area contributed by atoms with Crippen molar-refractivity contribution in [2.75, 3.05) is 11.9 Å². The van der Waals surface area contributed by atoms with Crippen molar-refractivity contribution in [3.8, 4) is 5.88 Å². The Kier molecular flexibility index (Phi) is 6.61. The summed E-state index contributed by atoms with van der Waals surface area (Å²) in [7, 11) is 0. The van der Waals surface area contributed by atoms with E-state index in [1.165, 1.54) is 13.0 Å². The number of carbonyl (C=O) groups is 2. The molecule has 6 nitrogen and oxygen atoms in total. The van der Waals surface area contributed by atoms with Gasteiger partial charge in [-0.15, -0.1) is 0 Å². The van der Waals surface area contributed by atoms with Crippen molar-refractivity contribution in [2.45, 2.75) is 33.1 Å². The highest BCUT2D eigenvalue weighted by molar-refractivity contribution is 5.97. The number of carbonyl (C=O) groups excluding carboxylic acids is 2. The number of anilines is 1. The molecule has 1 aromatic carbocycles. The molecule has 0 aliphatic rings. The lowest BCUT2D eigenvalue weighted by Gasteiger charge is -2.15. The van der Waals surface area contributed by atoms with Crippen molar-refractivity contribution >= 4 is 17.6 Å². The number of alkyl halides is 3. The molecule has 28 heavy (non-hydrogen) atoms. The number of halogens is 3. The van der Waals surface area contributed by atoms with Crippen LogP contribution in [0.3, 0.4) is 0 Å². The average molecular weight is 396 g/mol. The van der Waals surface area contributed by atoms with Gasteiger partial charge in [0.15, 0.2) is 12.7 Å². The maximum Gasteiger partial charge on any atom is 0.422 e. The molecule has 0 saturated carbocycles. The van der Waals surface area contributed by atoms with E-state index in [1.807, 2.05) is 26.0 Å². The van der Waals surface area contributed by atoms with Gasteiger partial charge in [-0.05, 0) is 44.0 Å². The van der Waals surface area contributed by atoms with E-state index in [-0.39, 0.29) is 11.4 Å². The van der Waals surface area contributed by atoms with E-state index in [0.29, 0.717) is 5.69 Å². The van der Waals surface area contributed by atoms with Gasteiger partial charge in [0.25, 0.3) is 5.91 Å². The van der Waals surface area contributed by atoms with Gasteiger partial charge in [-0.25, -0.2) is 9.78 Å². The second-order valence-corrected chi connectivity index (χ2v) is 6.14. The van der Waals surface area contributed by atoms with Crippen LogP contribution >= 0.6 is 0 Å². The largest absolute Gasteiger partial charge is 0.468 e. The van der Waals surface area contributed by atoms with E-state index in [0.717, 1.165) is 23.4 Å². The molecule has 1 aromatic heterocycles. The maximum absolute atomic E-state index is 12.2. The number of nitrogens with zero attached hydrogens (tertiary/aromatic N) is 1. The molecule has 1 atom stereocenters. The number of aryl methyl sites for hydroxylation is 2. The van der Waals surface area contributed by atoms with E-state index >= 15 is 0 Å². The summed E-state index contributed by atoms with van der Waals surface area (Å²) in [4.78, 5) is 28.0. The highest BCUT2D eigenvalue weighted by atomic mass is 19.4. The number of aromatic nitrogens is 1. The van der Waals surface area contributed by atoms with Crippen molar-refractivity contribution in [3.05, 3.63) is 53.2 Å². The fraction of sp³-hybridized carbons (Fsp3) is 0.316. The lowest BCUT2D eigenvalue weighted by Crippen LogP contribution is -2.30. The number of nitrogens with one attached hydrogen (secondary N) is 1. The SMILES string of the molecule is Cc1ccc(C)c(NC(=O)C(C)OC(=O)c2ccc(OCC(F)(F)F)nc2)c1. The lowest BCUT2D eigenvalue weighted by molar-refractivity contribution is -0.154. The molecule has 2 rings (SSSR count). The van der Waals surface area contributed by atoms with Crippen LogP contribution in [-0.2, 0) is 9.53 Å². The maximum atomic E-state index is 12.2. The summed E-state index contributed by atoms with van der Waals surface area (Å²) in [5.41, 5.74) is 2.41. The molecule has 1 N–H and O–H groups in total. The van der Waals surface area contributed by atoms with Crippen molar-refractivity contribution in [2.24, 2.45) is 0 Å². The van der Waals surface area contributed by atoms with Crippen LogP contribution in [0, 0.1) is 13.8 Å². The third kappa shape index (κ3) is 6.26. The van der Waals surface area contributed by atoms with Gasteiger partial charge < -0.3 is 14.8 Å². The molecule has 1 unspecified atom stereocenters. The summed E-state index contributed by atoms with van der Waals surface area (Å²) in [5.74, 6) is -1.63. The minimum Gasteiger partial charge on any atom is -0.468 e. The highest BCUT2D eigenvalue weighted by Crippen LogP contribution is 2.18. The smallest absolute Gasteiger partial charge is 0.422 e. The molecular weight excluding hydrogens is 377 g/mol. The van der Waals surface area contributed by atoms with E-state index in [4.69, 9.17) is 4.74 Å². The van der Waals surface area contributed by atoms with Crippen LogP contribution in [0.4, 0.5) is 18.9 Å². The Morgan fingerprint density at radius 3 is 2.50 bits per heavy atom. The fourth-order valence-electron chi connectivity index (χ4n) is 2.13. The van der Waals surface area contributed by atoms with E-state index in [9.17, 15) is 22.8 Å². The first-order valence-corrected chi connectivity index (χ1v) is 8.30. The Morgan fingerprint density at radius 1 is 1.18 bits per heavy atom. The fourth-order valence-corrected chi connectivity index (χ4v) is 2.13. The molecule has 1 heterocycles. The molecule has 2 aromatic rings. The quantitative estimate of drug-likeness (QED) is 0.751. The number of esters is 1. The summed E-state index contributed by atoms with van der Waals surface area (Å²) < 4.78 is 45.9. The van der Waals surface area contributed by atoms with Gasteiger partial charge in [0.2, 0.25) is 5.88 Å². The first-order valence-electron chi connectivity index (χ1n) is 8.30. The van der Waals surface area contributed by atoms with Crippen LogP contribution < -0.4 is 10.1 Å².